The summed E-state index contributed by atoms with van der Waals surface area (Å²) in [6.45, 7) is 8.26. The second-order valence-corrected chi connectivity index (χ2v) is 10.5. The predicted octanol–water partition coefficient (Wildman–Crippen LogP) is 4.58. The van der Waals surface area contributed by atoms with Crippen LogP contribution >= 0.6 is 0 Å². The summed E-state index contributed by atoms with van der Waals surface area (Å²) in [5, 5.41) is 2.71. The highest BCUT2D eigenvalue weighted by atomic mass is 32.2. The van der Waals surface area contributed by atoms with Crippen LogP contribution in [0.5, 0.6) is 5.75 Å². The van der Waals surface area contributed by atoms with Gasteiger partial charge in [0.1, 0.15) is 11.4 Å². The average Bonchev–Trinajstić information content (AvgIpc) is 2.73. The molecule has 0 saturated heterocycles. The van der Waals surface area contributed by atoms with Gasteiger partial charge in [0.25, 0.3) is 10.1 Å². The maximum atomic E-state index is 11.8. The molecule has 188 valence electrons. The Bertz CT molecular complexity index is 997. The van der Waals surface area contributed by atoms with Crippen LogP contribution in [0.2, 0.25) is 0 Å². The molecule has 0 fully saturated rings. The van der Waals surface area contributed by atoms with Crippen LogP contribution in [0, 0.1) is 0 Å². The molecular formula is C25H35NO7S. The van der Waals surface area contributed by atoms with Crippen LogP contribution in [-0.2, 0) is 36.6 Å². The van der Waals surface area contributed by atoms with Crippen molar-refractivity contribution in [1.82, 2.24) is 0 Å². The van der Waals surface area contributed by atoms with E-state index in [1.807, 2.05) is 76.2 Å². The van der Waals surface area contributed by atoms with E-state index in [0.29, 0.717) is 31.7 Å². The molecule has 0 aromatic heterocycles. The molecule has 0 aliphatic rings. The molecule has 34 heavy (non-hydrogen) atoms. The lowest BCUT2D eigenvalue weighted by Crippen LogP contribution is -2.27. The number of rotatable bonds is 12. The number of carbonyl (C=O) groups excluding carboxylic acids is 1. The van der Waals surface area contributed by atoms with E-state index in [-0.39, 0.29) is 12.7 Å². The van der Waals surface area contributed by atoms with E-state index >= 15 is 0 Å². The molecule has 8 nitrogen and oxygen atoms in total. The van der Waals surface area contributed by atoms with Crippen LogP contribution in [0.4, 0.5) is 10.5 Å². The van der Waals surface area contributed by atoms with Gasteiger partial charge >= 0.3 is 6.09 Å². The van der Waals surface area contributed by atoms with Crippen LogP contribution < -0.4 is 10.1 Å². The first-order valence-electron chi connectivity index (χ1n) is 11.2. The molecule has 2 aromatic rings. The van der Waals surface area contributed by atoms with Gasteiger partial charge in [0.05, 0.1) is 25.6 Å². The van der Waals surface area contributed by atoms with Crippen LogP contribution in [0.25, 0.3) is 0 Å². The highest BCUT2D eigenvalue weighted by Gasteiger charge is 2.16. The first-order chi connectivity index (χ1) is 15.9. The Morgan fingerprint density at radius 3 is 2.18 bits per heavy atom. The van der Waals surface area contributed by atoms with E-state index in [9.17, 15) is 13.2 Å². The summed E-state index contributed by atoms with van der Waals surface area (Å²) in [5.74, 6) is 0.743. The van der Waals surface area contributed by atoms with Crippen molar-refractivity contribution >= 4 is 21.9 Å². The molecular weight excluding hydrogens is 458 g/mol. The maximum Gasteiger partial charge on any atom is 0.412 e. The van der Waals surface area contributed by atoms with Gasteiger partial charge in [-0.05, 0) is 63.1 Å². The quantitative estimate of drug-likeness (QED) is 0.432. The van der Waals surface area contributed by atoms with Gasteiger partial charge < -0.3 is 14.2 Å². The van der Waals surface area contributed by atoms with Gasteiger partial charge in [0, 0.05) is 25.1 Å². The summed E-state index contributed by atoms with van der Waals surface area (Å²) in [5.41, 5.74) is 2.20. The highest BCUT2D eigenvalue weighted by Crippen LogP contribution is 2.17. The van der Waals surface area contributed by atoms with E-state index in [2.05, 4.69) is 5.32 Å². The molecule has 2 rings (SSSR count). The molecule has 0 spiro atoms. The van der Waals surface area contributed by atoms with Crippen molar-refractivity contribution in [2.45, 2.75) is 52.2 Å². The summed E-state index contributed by atoms with van der Waals surface area (Å²) in [7, 11) is -3.51. The van der Waals surface area contributed by atoms with E-state index in [1.165, 1.54) is 0 Å². The zero-order chi connectivity index (χ0) is 25.2. The fraction of sp³-hybridized carbons (Fsp3) is 0.480. The second kappa shape index (κ2) is 12.7. The Balaban J connectivity index is 1.79. The van der Waals surface area contributed by atoms with Crippen molar-refractivity contribution in [1.29, 1.82) is 0 Å². The highest BCUT2D eigenvalue weighted by molar-refractivity contribution is 7.85. The first-order valence-corrected chi connectivity index (χ1v) is 13.0. The summed E-state index contributed by atoms with van der Waals surface area (Å²) in [4.78, 5) is 11.8. The topological polar surface area (TPSA) is 100 Å². The number of hydrogen-bond acceptors (Lipinski definition) is 7. The molecule has 0 saturated carbocycles. The van der Waals surface area contributed by atoms with Crippen molar-refractivity contribution < 1.29 is 31.6 Å². The van der Waals surface area contributed by atoms with E-state index < -0.39 is 21.8 Å². The zero-order valence-corrected chi connectivity index (χ0v) is 21.3. The standard InChI is InChI=1S/C25H35NO7S/c1-6-30-23(18-32-34(5,28)29)17-20-9-13-22(14-10-20)31-16-15-19-7-11-21(12-8-19)26-24(27)33-25(2,3)4/h7-14,23H,6,15-18H2,1-5H3,(H,26,27). The van der Waals surface area contributed by atoms with E-state index in [4.69, 9.17) is 18.4 Å². The molecule has 0 heterocycles. The summed E-state index contributed by atoms with van der Waals surface area (Å²) >= 11 is 0. The molecule has 0 aliphatic carbocycles. The Morgan fingerprint density at radius 2 is 1.62 bits per heavy atom. The fourth-order valence-corrected chi connectivity index (χ4v) is 3.45. The number of carbonyl (C=O) groups is 1. The Morgan fingerprint density at radius 1 is 1.00 bits per heavy atom. The molecule has 0 radical (unpaired) electrons. The van der Waals surface area contributed by atoms with Crippen molar-refractivity contribution in [2.75, 3.05) is 31.4 Å². The normalized spacial score (nSPS) is 12.7. The molecule has 1 atom stereocenters. The van der Waals surface area contributed by atoms with Crippen LogP contribution in [0.15, 0.2) is 48.5 Å². The van der Waals surface area contributed by atoms with Gasteiger partial charge in [-0.1, -0.05) is 24.3 Å². The summed E-state index contributed by atoms with van der Waals surface area (Å²) in [6.07, 6.45) is 1.44. The lowest BCUT2D eigenvalue weighted by Gasteiger charge is -2.19. The van der Waals surface area contributed by atoms with E-state index in [0.717, 1.165) is 23.1 Å². The predicted molar refractivity (Wildman–Crippen MR) is 132 cm³/mol. The van der Waals surface area contributed by atoms with Gasteiger partial charge in [-0.15, -0.1) is 0 Å². The number of hydrogen-bond donors (Lipinski definition) is 1. The maximum absolute atomic E-state index is 11.8. The van der Waals surface area contributed by atoms with Gasteiger partial charge in [0.15, 0.2) is 0 Å². The SMILES string of the molecule is CCOC(COS(C)(=O)=O)Cc1ccc(OCCc2ccc(NC(=O)OC(C)(C)C)cc2)cc1. The molecule has 0 bridgehead atoms. The van der Waals surface area contributed by atoms with Crippen LogP contribution in [0.3, 0.4) is 0 Å². The van der Waals surface area contributed by atoms with Gasteiger partial charge in [-0.25, -0.2) is 4.79 Å². The third-order valence-electron chi connectivity index (χ3n) is 4.52. The summed E-state index contributed by atoms with van der Waals surface area (Å²) in [6, 6.07) is 15.1. The molecule has 9 heteroatoms. The second-order valence-electron chi connectivity index (χ2n) is 8.84. The smallest absolute Gasteiger partial charge is 0.412 e. The number of amides is 1. The lowest BCUT2D eigenvalue weighted by molar-refractivity contribution is 0.0301. The first kappa shape index (κ1) is 27.6. The van der Waals surface area contributed by atoms with Gasteiger partial charge in [-0.2, -0.15) is 8.42 Å². The molecule has 0 aliphatic heterocycles. The fourth-order valence-electron chi connectivity index (χ4n) is 3.05. The third-order valence-corrected chi connectivity index (χ3v) is 5.08. The van der Waals surface area contributed by atoms with Gasteiger partial charge in [0.2, 0.25) is 0 Å². The monoisotopic (exact) mass is 493 g/mol. The number of benzene rings is 2. The molecule has 2 aromatic carbocycles. The van der Waals surface area contributed by atoms with Crippen LogP contribution in [-0.4, -0.2) is 52.3 Å². The minimum absolute atomic E-state index is 0.0169. The third kappa shape index (κ3) is 11.5. The van der Waals surface area contributed by atoms with Crippen molar-refractivity contribution in [3.8, 4) is 5.75 Å². The Hall–Kier alpha value is -2.62. The summed E-state index contributed by atoms with van der Waals surface area (Å²) < 4.78 is 44.0. The number of anilines is 1. The Labute approximate surface area is 202 Å². The van der Waals surface area contributed by atoms with Crippen molar-refractivity contribution in [3.63, 3.8) is 0 Å². The zero-order valence-electron chi connectivity index (χ0n) is 20.5. The van der Waals surface area contributed by atoms with Crippen molar-refractivity contribution in [2.24, 2.45) is 0 Å². The lowest BCUT2D eigenvalue weighted by atomic mass is 10.1. The van der Waals surface area contributed by atoms with Gasteiger partial charge in [-0.3, -0.25) is 9.50 Å². The minimum atomic E-state index is -3.51. The van der Waals surface area contributed by atoms with E-state index in [1.54, 1.807) is 0 Å². The number of ether oxygens (including phenoxy) is 3. The number of nitrogens with one attached hydrogen (secondary N) is 1. The Kier molecular flexibility index (Phi) is 10.3. The average molecular weight is 494 g/mol. The van der Waals surface area contributed by atoms with Crippen LogP contribution in [0.1, 0.15) is 38.8 Å². The molecule has 1 N–H and O–H groups in total. The molecule has 1 unspecified atom stereocenters. The van der Waals surface area contributed by atoms with Crippen molar-refractivity contribution in [3.05, 3.63) is 59.7 Å². The minimum Gasteiger partial charge on any atom is -0.493 e. The largest absolute Gasteiger partial charge is 0.493 e. The molecule has 1 amide bonds.